The molecule has 0 aliphatic carbocycles. The van der Waals surface area contributed by atoms with Gasteiger partial charge in [-0.3, -0.25) is 24.6 Å². The molecule has 6 rings (SSSR count). The molecule has 2 aromatic carbocycles. The molecule has 0 aromatic heterocycles. The van der Waals surface area contributed by atoms with Crippen molar-refractivity contribution >= 4 is 17.7 Å². The minimum atomic E-state index is -4.34. The summed E-state index contributed by atoms with van der Waals surface area (Å²) in [6.07, 6.45) is -2.15. The molecule has 4 aliphatic rings. The molecule has 0 bridgehead atoms. The minimum Gasteiger partial charge on any atom is -0.492 e. The van der Waals surface area contributed by atoms with E-state index in [1.165, 1.54) is 17.0 Å². The van der Waals surface area contributed by atoms with Crippen LogP contribution in [0, 0.1) is 0 Å². The Bertz CT molecular complexity index is 1280. The summed E-state index contributed by atoms with van der Waals surface area (Å²) in [5.41, 5.74) is 2.45. The van der Waals surface area contributed by atoms with Gasteiger partial charge in [-0.25, -0.2) is 0 Å². The van der Waals surface area contributed by atoms with Crippen LogP contribution in [0.3, 0.4) is 0 Å². The molecule has 7 nitrogen and oxygen atoms in total. The van der Waals surface area contributed by atoms with Crippen molar-refractivity contribution in [3.05, 3.63) is 64.2 Å². The van der Waals surface area contributed by atoms with Gasteiger partial charge in [0.25, 0.3) is 5.91 Å². The monoisotopic (exact) mass is 513 g/mol. The second-order valence-electron chi connectivity index (χ2n) is 10.4. The minimum absolute atomic E-state index is 0.174. The number of carbonyl (C=O) groups excluding carboxylic acids is 3. The third kappa shape index (κ3) is 4.07. The zero-order valence-electron chi connectivity index (χ0n) is 20.1. The van der Waals surface area contributed by atoms with E-state index >= 15 is 0 Å². The standard InChI is InChI=1S/C27H26F3N3O4/c28-27(29,30)17-3-1-16(2-4-17)13-32-11-9-26(10-12-32)15-37-23-19-14-33(21-7-8-22(34)31-24(21)35)25(36)18(19)5-6-20(23)26/h1-6,21H,7-15H2,(H,31,34,35). The SMILES string of the molecule is O=C1CCC(N2Cc3c(ccc4c3OCC43CCN(Cc4ccc(C(F)(F)F)cc4)CC3)C2=O)C(=O)N1. The van der Waals surface area contributed by atoms with Gasteiger partial charge in [0.05, 0.1) is 18.7 Å². The fourth-order valence-electron chi connectivity index (χ4n) is 6.09. The lowest BCUT2D eigenvalue weighted by atomic mass is 9.74. The molecule has 10 heteroatoms. The van der Waals surface area contributed by atoms with E-state index in [-0.39, 0.29) is 30.2 Å². The molecule has 1 N–H and O–H groups in total. The van der Waals surface area contributed by atoms with Gasteiger partial charge in [0, 0.05) is 35.1 Å². The van der Waals surface area contributed by atoms with Crippen LogP contribution in [0.1, 0.15) is 58.3 Å². The largest absolute Gasteiger partial charge is 0.492 e. The van der Waals surface area contributed by atoms with E-state index < -0.39 is 23.7 Å². The van der Waals surface area contributed by atoms with Crippen LogP contribution in [-0.4, -0.2) is 53.3 Å². The Balaban J connectivity index is 1.15. The van der Waals surface area contributed by atoms with Gasteiger partial charge in [0.2, 0.25) is 11.8 Å². The normalized spacial score (nSPS) is 23.2. The summed E-state index contributed by atoms with van der Waals surface area (Å²) in [4.78, 5) is 40.8. The Morgan fingerprint density at radius 3 is 2.43 bits per heavy atom. The maximum atomic E-state index is 13.1. The van der Waals surface area contributed by atoms with Gasteiger partial charge in [0.15, 0.2) is 0 Å². The highest BCUT2D eigenvalue weighted by Crippen LogP contribution is 2.49. The van der Waals surface area contributed by atoms with Crippen molar-refractivity contribution in [2.45, 2.75) is 56.4 Å². The van der Waals surface area contributed by atoms with Crippen molar-refractivity contribution in [2.75, 3.05) is 19.7 Å². The maximum Gasteiger partial charge on any atom is 0.416 e. The van der Waals surface area contributed by atoms with Crippen LogP contribution in [-0.2, 0) is 34.3 Å². The summed E-state index contributed by atoms with van der Waals surface area (Å²) in [5, 5.41) is 2.33. The van der Waals surface area contributed by atoms with Crippen LogP contribution < -0.4 is 10.1 Å². The van der Waals surface area contributed by atoms with Gasteiger partial charge >= 0.3 is 6.18 Å². The van der Waals surface area contributed by atoms with E-state index in [9.17, 15) is 27.6 Å². The number of alkyl halides is 3. The van der Waals surface area contributed by atoms with Crippen LogP contribution in [0.25, 0.3) is 0 Å². The number of fused-ring (bicyclic) bond motifs is 4. The van der Waals surface area contributed by atoms with Gasteiger partial charge < -0.3 is 9.64 Å². The molecule has 0 radical (unpaired) electrons. The quantitative estimate of drug-likeness (QED) is 0.637. The number of nitrogens with one attached hydrogen (secondary N) is 1. The number of likely N-dealkylation sites (tertiary alicyclic amines) is 1. The first-order valence-electron chi connectivity index (χ1n) is 12.5. The summed E-state index contributed by atoms with van der Waals surface area (Å²) in [5.74, 6) is -0.242. The number of amides is 3. The number of halogens is 3. The van der Waals surface area contributed by atoms with Crippen LogP contribution in [0.4, 0.5) is 13.2 Å². The number of hydrogen-bond donors (Lipinski definition) is 1. The molecular weight excluding hydrogens is 487 g/mol. The molecule has 4 heterocycles. The van der Waals surface area contributed by atoms with E-state index in [0.29, 0.717) is 25.1 Å². The summed E-state index contributed by atoms with van der Waals surface area (Å²) in [6.45, 7) is 2.94. The molecule has 1 atom stereocenters. The fourth-order valence-corrected chi connectivity index (χ4v) is 6.09. The highest BCUT2D eigenvalue weighted by molar-refractivity contribution is 6.05. The van der Waals surface area contributed by atoms with Crippen molar-refractivity contribution < 1.29 is 32.3 Å². The predicted octanol–water partition coefficient (Wildman–Crippen LogP) is 3.39. The summed E-state index contributed by atoms with van der Waals surface area (Å²) < 4.78 is 44.7. The number of nitrogens with zero attached hydrogens (tertiary/aromatic N) is 2. The van der Waals surface area contributed by atoms with Gasteiger partial charge in [0.1, 0.15) is 11.8 Å². The van der Waals surface area contributed by atoms with Crippen molar-refractivity contribution in [2.24, 2.45) is 0 Å². The van der Waals surface area contributed by atoms with Crippen LogP contribution in [0.5, 0.6) is 5.75 Å². The van der Waals surface area contributed by atoms with Gasteiger partial charge in [-0.2, -0.15) is 13.2 Å². The molecule has 1 spiro atoms. The number of imide groups is 1. The van der Waals surface area contributed by atoms with E-state index in [0.717, 1.165) is 60.5 Å². The smallest absolute Gasteiger partial charge is 0.416 e. The first-order chi connectivity index (χ1) is 17.6. The number of piperidine rings is 2. The Morgan fingerprint density at radius 1 is 1.03 bits per heavy atom. The van der Waals surface area contributed by atoms with E-state index in [1.807, 2.05) is 12.1 Å². The molecule has 2 aromatic rings. The Kier molecular flexibility index (Phi) is 5.56. The van der Waals surface area contributed by atoms with E-state index in [2.05, 4.69) is 10.2 Å². The second-order valence-corrected chi connectivity index (χ2v) is 10.4. The third-order valence-electron chi connectivity index (χ3n) is 8.23. The van der Waals surface area contributed by atoms with Crippen LogP contribution in [0.2, 0.25) is 0 Å². The zero-order valence-corrected chi connectivity index (χ0v) is 20.1. The maximum absolute atomic E-state index is 13.1. The van der Waals surface area contributed by atoms with Crippen molar-refractivity contribution in [3.63, 3.8) is 0 Å². The summed E-state index contributed by atoms with van der Waals surface area (Å²) in [6, 6.07) is 8.46. The number of benzene rings is 2. The van der Waals surface area contributed by atoms with Gasteiger partial charge in [-0.1, -0.05) is 18.2 Å². The topological polar surface area (TPSA) is 79.0 Å². The van der Waals surface area contributed by atoms with Crippen LogP contribution >= 0.6 is 0 Å². The van der Waals surface area contributed by atoms with Gasteiger partial charge in [-0.15, -0.1) is 0 Å². The molecule has 194 valence electrons. The second kappa shape index (κ2) is 8.58. The highest BCUT2D eigenvalue weighted by Gasteiger charge is 2.47. The lowest BCUT2D eigenvalue weighted by molar-refractivity contribution is -0.138. The lowest BCUT2D eigenvalue weighted by Crippen LogP contribution is -2.52. The molecule has 3 amide bonds. The number of hydrogen-bond acceptors (Lipinski definition) is 5. The highest BCUT2D eigenvalue weighted by atomic mass is 19.4. The molecule has 37 heavy (non-hydrogen) atoms. The molecule has 0 saturated carbocycles. The Labute approximate surface area is 211 Å². The Hall–Kier alpha value is -3.40. The lowest BCUT2D eigenvalue weighted by Gasteiger charge is -2.38. The first kappa shape index (κ1) is 24.0. The fraction of sp³-hybridized carbons (Fsp3) is 0.444. The molecule has 1 unspecified atom stereocenters. The molecule has 2 fully saturated rings. The van der Waals surface area contributed by atoms with Crippen LogP contribution in [0.15, 0.2) is 36.4 Å². The Morgan fingerprint density at radius 2 is 1.76 bits per heavy atom. The third-order valence-corrected chi connectivity index (χ3v) is 8.23. The number of carbonyl (C=O) groups is 3. The molecule has 4 aliphatic heterocycles. The predicted molar refractivity (Wildman–Crippen MR) is 126 cm³/mol. The molecule has 2 saturated heterocycles. The van der Waals surface area contributed by atoms with Gasteiger partial charge in [-0.05, 0) is 56.1 Å². The first-order valence-corrected chi connectivity index (χ1v) is 12.5. The summed E-state index contributed by atoms with van der Waals surface area (Å²) in [7, 11) is 0. The zero-order chi connectivity index (χ0) is 25.9. The van der Waals surface area contributed by atoms with Crippen molar-refractivity contribution in [1.82, 2.24) is 15.1 Å². The molecular formula is C27H26F3N3O4. The van der Waals surface area contributed by atoms with Crippen molar-refractivity contribution in [1.29, 1.82) is 0 Å². The average Bonchev–Trinajstić information content (AvgIpc) is 3.39. The number of ether oxygens (including phenoxy) is 1. The van der Waals surface area contributed by atoms with Crippen molar-refractivity contribution in [3.8, 4) is 5.75 Å². The van der Waals surface area contributed by atoms with E-state index in [4.69, 9.17) is 4.74 Å². The van der Waals surface area contributed by atoms with E-state index in [1.54, 1.807) is 0 Å². The summed E-state index contributed by atoms with van der Waals surface area (Å²) >= 11 is 0. The average molecular weight is 514 g/mol. The number of rotatable bonds is 3.